The first-order valence-corrected chi connectivity index (χ1v) is 5.77. The molecule has 0 radical (unpaired) electrons. The van der Waals surface area contributed by atoms with Crippen LogP contribution in [0.1, 0.15) is 0 Å². The predicted molar refractivity (Wildman–Crippen MR) is 50.2 cm³/mol. The van der Waals surface area contributed by atoms with E-state index in [2.05, 4.69) is 15.0 Å². The zero-order valence-corrected chi connectivity index (χ0v) is 8.58. The first-order valence-electron chi connectivity index (χ1n) is 4.29. The molecular weight excluding hydrogens is 204 g/mol. The molecule has 0 unspecified atom stereocenters. The van der Waals surface area contributed by atoms with E-state index in [1.807, 2.05) is 0 Å². The third kappa shape index (κ3) is 1.79. The average Bonchev–Trinajstić information content (AvgIpc) is 2.45. The van der Waals surface area contributed by atoms with Crippen LogP contribution < -0.4 is 10.0 Å². The van der Waals surface area contributed by atoms with Crippen molar-refractivity contribution < 1.29 is 8.42 Å². The molecule has 0 spiro atoms. The largest absolute Gasteiger partial charge is 0.339 e. The van der Waals surface area contributed by atoms with E-state index in [0.717, 1.165) is 0 Å². The Morgan fingerprint density at radius 3 is 2.79 bits per heavy atom. The van der Waals surface area contributed by atoms with Crippen molar-refractivity contribution in [3.05, 3.63) is 12.5 Å². The fourth-order valence-corrected chi connectivity index (χ4v) is 2.40. The van der Waals surface area contributed by atoms with Crippen molar-refractivity contribution in [1.29, 1.82) is 0 Å². The van der Waals surface area contributed by atoms with Crippen molar-refractivity contribution in [3.63, 3.8) is 0 Å². The van der Waals surface area contributed by atoms with Gasteiger partial charge in [-0.3, -0.25) is 0 Å². The fourth-order valence-electron chi connectivity index (χ4n) is 1.18. The van der Waals surface area contributed by atoms with Crippen LogP contribution in [0.4, 0.5) is 0 Å². The minimum Gasteiger partial charge on any atom is -0.339 e. The predicted octanol–water partition coefficient (Wildman–Crippen LogP) is -1.33. The van der Waals surface area contributed by atoms with Crippen molar-refractivity contribution in [3.8, 4) is 0 Å². The Morgan fingerprint density at radius 2 is 2.36 bits per heavy atom. The van der Waals surface area contributed by atoms with Crippen LogP contribution in [0.15, 0.2) is 17.6 Å². The van der Waals surface area contributed by atoms with Crippen LogP contribution in [0.3, 0.4) is 0 Å². The first kappa shape index (κ1) is 9.63. The minimum absolute atomic E-state index is 0.00186. The van der Waals surface area contributed by atoms with Gasteiger partial charge in [0.15, 0.2) is 5.03 Å². The van der Waals surface area contributed by atoms with E-state index in [9.17, 15) is 8.42 Å². The van der Waals surface area contributed by atoms with Gasteiger partial charge in [-0.1, -0.05) is 0 Å². The van der Waals surface area contributed by atoms with Gasteiger partial charge in [0, 0.05) is 32.4 Å². The van der Waals surface area contributed by atoms with Crippen LogP contribution in [0.25, 0.3) is 0 Å². The number of nitrogens with zero attached hydrogens (tertiary/aromatic N) is 2. The maximum Gasteiger partial charge on any atom is 0.259 e. The summed E-state index contributed by atoms with van der Waals surface area (Å²) in [5.74, 6) is 0. The average molecular weight is 216 g/mol. The van der Waals surface area contributed by atoms with Crippen molar-refractivity contribution in [2.75, 3.05) is 13.1 Å². The number of nitrogens with one attached hydrogen (secondary N) is 2. The molecule has 1 aliphatic rings. The molecule has 1 aliphatic heterocycles. The van der Waals surface area contributed by atoms with Gasteiger partial charge in [0.1, 0.15) is 0 Å². The molecule has 1 aromatic heterocycles. The summed E-state index contributed by atoms with van der Waals surface area (Å²) in [6.45, 7) is 1.37. The summed E-state index contributed by atoms with van der Waals surface area (Å²) in [5.41, 5.74) is 0. The summed E-state index contributed by atoms with van der Waals surface area (Å²) in [5, 5.41) is 3.06. The number of aryl methyl sites for hydroxylation is 1. The molecule has 0 saturated carbocycles. The third-order valence-corrected chi connectivity index (χ3v) is 3.46. The van der Waals surface area contributed by atoms with Crippen molar-refractivity contribution in [1.82, 2.24) is 19.6 Å². The summed E-state index contributed by atoms with van der Waals surface area (Å²) >= 11 is 0. The normalized spacial score (nSPS) is 18.1. The van der Waals surface area contributed by atoms with Crippen molar-refractivity contribution >= 4 is 10.0 Å². The van der Waals surface area contributed by atoms with Gasteiger partial charge in [-0.25, -0.2) is 18.1 Å². The van der Waals surface area contributed by atoms with Gasteiger partial charge in [-0.05, 0) is 0 Å². The van der Waals surface area contributed by atoms with E-state index >= 15 is 0 Å². The van der Waals surface area contributed by atoms with Crippen LogP contribution >= 0.6 is 0 Å². The van der Waals surface area contributed by atoms with Crippen LogP contribution in [-0.2, 0) is 17.1 Å². The zero-order chi connectivity index (χ0) is 10.2. The molecule has 6 nitrogen and oxygen atoms in total. The van der Waals surface area contributed by atoms with Gasteiger partial charge < -0.3 is 9.88 Å². The van der Waals surface area contributed by atoms with E-state index < -0.39 is 10.0 Å². The van der Waals surface area contributed by atoms with E-state index in [4.69, 9.17) is 0 Å². The molecule has 7 heteroatoms. The molecule has 0 bridgehead atoms. The SMILES string of the molecule is Cn1cnc(S(=O)(=O)NC2CNC2)c1. The molecule has 14 heavy (non-hydrogen) atoms. The lowest BCUT2D eigenvalue weighted by Crippen LogP contribution is -2.56. The second-order valence-corrected chi connectivity index (χ2v) is 5.01. The standard InChI is InChI=1S/C7H12N4O2S/c1-11-4-7(9-5-11)14(12,13)10-6-2-8-3-6/h4-6,8,10H,2-3H2,1H3. The van der Waals surface area contributed by atoms with Crippen LogP contribution in [0.2, 0.25) is 0 Å². The maximum absolute atomic E-state index is 11.6. The maximum atomic E-state index is 11.6. The van der Waals surface area contributed by atoms with Crippen LogP contribution in [0.5, 0.6) is 0 Å². The molecule has 0 aliphatic carbocycles. The van der Waals surface area contributed by atoms with Crippen LogP contribution in [0, 0.1) is 0 Å². The molecule has 2 heterocycles. The smallest absolute Gasteiger partial charge is 0.259 e. The summed E-state index contributed by atoms with van der Waals surface area (Å²) in [6.07, 6.45) is 2.95. The highest BCUT2D eigenvalue weighted by Gasteiger charge is 2.25. The van der Waals surface area contributed by atoms with Crippen molar-refractivity contribution in [2.24, 2.45) is 7.05 Å². The molecule has 78 valence electrons. The highest BCUT2D eigenvalue weighted by molar-refractivity contribution is 7.89. The lowest BCUT2D eigenvalue weighted by molar-refractivity contribution is 0.410. The number of hydrogen-bond acceptors (Lipinski definition) is 4. The third-order valence-electron chi connectivity index (χ3n) is 2.06. The summed E-state index contributed by atoms with van der Waals surface area (Å²) in [6, 6.07) is 0.00186. The fraction of sp³-hybridized carbons (Fsp3) is 0.571. The number of hydrogen-bond donors (Lipinski definition) is 2. The molecule has 0 atom stereocenters. The van der Waals surface area contributed by atoms with Gasteiger partial charge in [0.25, 0.3) is 10.0 Å². The van der Waals surface area contributed by atoms with Gasteiger partial charge in [-0.2, -0.15) is 0 Å². The zero-order valence-electron chi connectivity index (χ0n) is 7.77. The summed E-state index contributed by atoms with van der Waals surface area (Å²) in [4.78, 5) is 3.79. The van der Waals surface area contributed by atoms with E-state index in [-0.39, 0.29) is 11.1 Å². The number of imidazole rings is 1. The number of aromatic nitrogens is 2. The Morgan fingerprint density at radius 1 is 1.64 bits per heavy atom. The Balaban J connectivity index is 2.15. The molecule has 2 rings (SSSR count). The Kier molecular flexibility index (Phi) is 2.30. The highest BCUT2D eigenvalue weighted by Crippen LogP contribution is 2.06. The van der Waals surface area contributed by atoms with Crippen LogP contribution in [-0.4, -0.2) is 37.1 Å². The van der Waals surface area contributed by atoms with Crippen molar-refractivity contribution in [2.45, 2.75) is 11.1 Å². The molecule has 1 aromatic rings. The monoisotopic (exact) mass is 216 g/mol. The second-order valence-electron chi connectivity index (χ2n) is 3.35. The summed E-state index contributed by atoms with van der Waals surface area (Å²) in [7, 11) is -1.69. The molecule has 1 saturated heterocycles. The molecule has 1 fully saturated rings. The quantitative estimate of drug-likeness (QED) is 0.656. The Labute approximate surface area is 82.4 Å². The highest BCUT2D eigenvalue weighted by atomic mass is 32.2. The van der Waals surface area contributed by atoms with E-state index in [1.54, 1.807) is 11.6 Å². The number of sulfonamides is 1. The van der Waals surface area contributed by atoms with Gasteiger partial charge in [0.05, 0.1) is 6.33 Å². The lowest BCUT2D eigenvalue weighted by atomic mass is 10.2. The Bertz CT molecular complexity index is 421. The van der Waals surface area contributed by atoms with E-state index in [0.29, 0.717) is 13.1 Å². The second kappa shape index (κ2) is 3.34. The minimum atomic E-state index is -3.42. The van der Waals surface area contributed by atoms with E-state index in [1.165, 1.54) is 12.5 Å². The number of rotatable bonds is 3. The molecule has 2 N–H and O–H groups in total. The molecule has 0 aromatic carbocycles. The van der Waals surface area contributed by atoms with Gasteiger partial charge in [0.2, 0.25) is 0 Å². The van der Waals surface area contributed by atoms with Gasteiger partial charge in [-0.15, -0.1) is 0 Å². The summed E-state index contributed by atoms with van der Waals surface area (Å²) < 4.78 is 27.4. The molecule has 0 amide bonds. The van der Waals surface area contributed by atoms with Gasteiger partial charge >= 0.3 is 0 Å². The molecular formula is C7H12N4O2S. The lowest BCUT2D eigenvalue weighted by Gasteiger charge is -2.27. The topological polar surface area (TPSA) is 76.0 Å². The Hall–Kier alpha value is -0.920. The first-order chi connectivity index (χ1) is 6.58.